The molecule has 1 N–H and O–H groups in total. The third kappa shape index (κ3) is 5.32. The molecule has 2 fully saturated rings. The molecule has 8 nitrogen and oxygen atoms in total. The monoisotopic (exact) mass is 477 g/mol. The van der Waals surface area contributed by atoms with Gasteiger partial charge in [-0.15, -0.1) is 0 Å². The van der Waals surface area contributed by atoms with Crippen molar-refractivity contribution in [1.29, 1.82) is 0 Å². The molecule has 0 spiro atoms. The highest BCUT2D eigenvalue weighted by Gasteiger charge is 2.28. The Morgan fingerprint density at radius 2 is 1.56 bits per heavy atom. The summed E-state index contributed by atoms with van der Waals surface area (Å²) in [6, 6.07) is 13.8. The second-order valence-electron chi connectivity index (χ2n) is 7.75. The van der Waals surface area contributed by atoms with Gasteiger partial charge < -0.3 is 9.64 Å². The quantitative estimate of drug-likeness (QED) is 0.659. The number of hydrogen-bond acceptors (Lipinski definition) is 6. The van der Waals surface area contributed by atoms with E-state index in [2.05, 4.69) is 9.62 Å². The number of nitrogens with one attached hydrogen (secondary N) is 1. The normalized spacial score (nSPS) is 18.3. The molecule has 2 aromatic rings. The van der Waals surface area contributed by atoms with E-state index in [0.717, 1.165) is 36.9 Å². The summed E-state index contributed by atoms with van der Waals surface area (Å²) in [5.74, 6) is 0. The molecular weight excluding hydrogens is 450 g/mol. The smallest absolute Gasteiger partial charge is 0.255 e. The summed E-state index contributed by atoms with van der Waals surface area (Å²) in [6.07, 6.45) is 3.52. The summed E-state index contributed by atoms with van der Waals surface area (Å²) in [4.78, 5) is 2.14. The Kier molecular flexibility index (Phi) is 6.85. The first-order valence-electron chi connectivity index (χ1n) is 10.6. The Labute approximate surface area is 189 Å². The lowest BCUT2D eigenvalue weighted by atomic mass is 10.2. The predicted octanol–water partition coefficient (Wildman–Crippen LogP) is 2.72. The van der Waals surface area contributed by atoms with Crippen molar-refractivity contribution >= 4 is 37.5 Å². The van der Waals surface area contributed by atoms with Gasteiger partial charge in [-0.25, -0.2) is 16.8 Å². The molecule has 2 aromatic carbocycles. The molecule has 2 saturated heterocycles. The van der Waals surface area contributed by atoms with Crippen LogP contribution in [0.3, 0.4) is 0 Å². The largest absolute Gasteiger partial charge is 0.379 e. The van der Waals surface area contributed by atoms with Crippen LogP contribution in [0.25, 0.3) is 6.08 Å². The average molecular weight is 478 g/mol. The van der Waals surface area contributed by atoms with Crippen molar-refractivity contribution in [3.05, 3.63) is 59.5 Å². The number of anilines is 2. The Bertz CT molecular complexity index is 1170. The molecule has 0 atom stereocenters. The van der Waals surface area contributed by atoms with E-state index >= 15 is 0 Å². The van der Waals surface area contributed by atoms with Crippen molar-refractivity contribution in [3.63, 3.8) is 0 Å². The van der Waals surface area contributed by atoms with Gasteiger partial charge in [0.15, 0.2) is 0 Å². The maximum Gasteiger partial charge on any atom is 0.255 e. The van der Waals surface area contributed by atoms with E-state index in [0.29, 0.717) is 18.9 Å². The van der Waals surface area contributed by atoms with E-state index in [-0.39, 0.29) is 23.7 Å². The maximum absolute atomic E-state index is 13.1. The van der Waals surface area contributed by atoms with Gasteiger partial charge in [0.05, 0.1) is 34.9 Å². The molecular formula is C22H27N3O5S2. The maximum atomic E-state index is 13.1. The minimum absolute atomic E-state index is 0.0621. The Morgan fingerprint density at radius 1 is 0.875 bits per heavy atom. The summed E-state index contributed by atoms with van der Waals surface area (Å²) in [7, 11) is -7.61. The van der Waals surface area contributed by atoms with Gasteiger partial charge in [-0.05, 0) is 42.7 Å². The molecule has 0 bridgehead atoms. The molecule has 2 heterocycles. The number of benzene rings is 2. The van der Waals surface area contributed by atoms with Crippen LogP contribution in [0.15, 0.2) is 58.8 Å². The fourth-order valence-electron chi connectivity index (χ4n) is 3.85. The molecule has 0 saturated carbocycles. The minimum atomic E-state index is -3.86. The van der Waals surface area contributed by atoms with Crippen LogP contribution < -0.4 is 9.62 Å². The van der Waals surface area contributed by atoms with Crippen LogP contribution >= 0.6 is 0 Å². The average Bonchev–Trinajstić information content (AvgIpc) is 3.33. The standard InChI is InChI=1S/C22H27N3O5S2/c26-31(27,17-10-19-6-2-1-3-7-19)23-21-18-20(8-9-22(21)24-11-4-5-12-24)32(28,29)25-13-15-30-16-14-25/h1-3,6-10,17-18,23H,4-5,11-16H2/b17-10+. The third-order valence-electron chi connectivity index (χ3n) is 5.51. The molecule has 172 valence electrons. The van der Waals surface area contributed by atoms with Gasteiger partial charge in [0.25, 0.3) is 10.0 Å². The van der Waals surface area contributed by atoms with Gasteiger partial charge in [-0.3, -0.25) is 4.72 Å². The SMILES string of the molecule is O=S(=O)(/C=C/c1ccccc1)Nc1cc(S(=O)(=O)N2CCOCC2)ccc1N1CCCC1. The molecule has 4 rings (SSSR count). The first-order valence-corrected chi connectivity index (χ1v) is 13.6. The predicted molar refractivity (Wildman–Crippen MR) is 125 cm³/mol. The van der Waals surface area contributed by atoms with Crippen LogP contribution in [0.1, 0.15) is 18.4 Å². The van der Waals surface area contributed by atoms with Gasteiger partial charge in [0.2, 0.25) is 10.0 Å². The summed E-state index contributed by atoms with van der Waals surface area (Å²) in [5, 5.41) is 1.10. The van der Waals surface area contributed by atoms with Crippen LogP contribution in [0.4, 0.5) is 11.4 Å². The van der Waals surface area contributed by atoms with Gasteiger partial charge >= 0.3 is 0 Å². The highest BCUT2D eigenvalue weighted by atomic mass is 32.2. The lowest BCUT2D eigenvalue weighted by Crippen LogP contribution is -2.40. The van der Waals surface area contributed by atoms with Gasteiger partial charge in [0, 0.05) is 26.2 Å². The zero-order chi connectivity index (χ0) is 22.6. The topological polar surface area (TPSA) is 96.0 Å². The first-order chi connectivity index (χ1) is 15.4. The molecule has 0 aromatic heterocycles. The molecule has 0 amide bonds. The van der Waals surface area contributed by atoms with Crippen molar-refractivity contribution in [2.45, 2.75) is 17.7 Å². The molecule has 32 heavy (non-hydrogen) atoms. The second-order valence-corrected chi connectivity index (χ2v) is 11.3. The Balaban J connectivity index is 1.66. The molecule has 0 radical (unpaired) electrons. The van der Waals surface area contributed by atoms with E-state index < -0.39 is 20.0 Å². The molecule has 0 unspecified atom stereocenters. The van der Waals surface area contributed by atoms with Crippen molar-refractivity contribution in [2.24, 2.45) is 0 Å². The van der Waals surface area contributed by atoms with Gasteiger partial charge in [0.1, 0.15) is 0 Å². The first kappa shape index (κ1) is 22.8. The Hall–Kier alpha value is -2.40. The number of rotatable bonds is 7. The number of morpholine rings is 1. The fourth-order valence-corrected chi connectivity index (χ4v) is 6.16. The van der Waals surface area contributed by atoms with Crippen molar-refractivity contribution in [2.75, 3.05) is 49.0 Å². The van der Waals surface area contributed by atoms with E-state index in [9.17, 15) is 16.8 Å². The van der Waals surface area contributed by atoms with Crippen LogP contribution in [0.5, 0.6) is 0 Å². The van der Waals surface area contributed by atoms with Crippen molar-refractivity contribution in [3.8, 4) is 0 Å². The summed E-state index contributed by atoms with van der Waals surface area (Å²) < 4.78 is 61.1. The zero-order valence-corrected chi connectivity index (χ0v) is 19.3. The van der Waals surface area contributed by atoms with E-state index in [1.165, 1.54) is 16.4 Å². The molecule has 2 aliphatic rings. The van der Waals surface area contributed by atoms with E-state index in [1.807, 2.05) is 18.2 Å². The fraction of sp³-hybridized carbons (Fsp3) is 0.364. The van der Waals surface area contributed by atoms with Crippen LogP contribution in [0.2, 0.25) is 0 Å². The highest BCUT2D eigenvalue weighted by molar-refractivity contribution is 7.95. The number of nitrogens with zero attached hydrogens (tertiary/aromatic N) is 2. The van der Waals surface area contributed by atoms with Crippen LogP contribution in [-0.4, -0.2) is 60.5 Å². The number of hydrogen-bond donors (Lipinski definition) is 1. The molecule has 2 aliphatic heterocycles. The van der Waals surface area contributed by atoms with E-state index in [1.54, 1.807) is 24.3 Å². The highest BCUT2D eigenvalue weighted by Crippen LogP contribution is 2.33. The molecule has 0 aliphatic carbocycles. The lowest BCUT2D eigenvalue weighted by molar-refractivity contribution is 0.0730. The number of sulfonamides is 2. The van der Waals surface area contributed by atoms with Gasteiger partial charge in [-0.2, -0.15) is 4.31 Å². The van der Waals surface area contributed by atoms with Crippen molar-refractivity contribution in [1.82, 2.24) is 4.31 Å². The summed E-state index contributed by atoms with van der Waals surface area (Å²) >= 11 is 0. The minimum Gasteiger partial charge on any atom is -0.379 e. The zero-order valence-electron chi connectivity index (χ0n) is 17.7. The van der Waals surface area contributed by atoms with Crippen LogP contribution in [-0.2, 0) is 24.8 Å². The summed E-state index contributed by atoms with van der Waals surface area (Å²) in [5.41, 5.74) is 1.69. The van der Waals surface area contributed by atoms with Gasteiger partial charge in [-0.1, -0.05) is 30.3 Å². The molecule has 10 heteroatoms. The lowest BCUT2D eigenvalue weighted by Gasteiger charge is -2.27. The van der Waals surface area contributed by atoms with Crippen molar-refractivity contribution < 1.29 is 21.6 Å². The third-order valence-corrected chi connectivity index (χ3v) is 8.41. The van der Waals surface area contributed by atoms with E-state index in [4.69, 9.17) is 4.74 Å². The second kappa shape index (κ2) is 9.62. The summed E-state index contributed by atoms with van der Waals surface area (Å²) in [6.45, 7) is 2.83. The number of ether oxygens (including phenoxy) is 1. The Morgan fingerprint density at radius 3 is 2.25 bits per heavy atom. The van der Waals surface area contributed by atoms with Crippen LogP contribution in [0, 0.1) is 0 Å².